The molecule has 0 atom stereocenters. The third-order valence-corrected chi connectivity index (χ3v) is 8.60. The lowest BCUT2D eigenvalue weighted by Crippen LogP contribution is -2.52. The van der Waals surface area contributed by atoms with E-state index in [1.807, 2.05) is 0 Å². The van der Waals surface area contributed by atoms with Gasteiger partial charge < -0.3 is 5.32 Å². The first-order chi connectivity index (χ1) is 17.4. The highest BCUT2D eigenvalue weighted by atomic mass is 32.2. The molecule has 5 rings (SSSR count). The third kappa shape index (κ3) is 4.23. The zero-order valence-corrected chi connectivity index (χ0v) is 21.1. The predicted octanol–water partition coefficient (Wildman–Crippen LogP) is 0.233. The SMILES string of the molecule is CN(c1ccc2c(c1)S(=O)(=O)N/C(=c1\c(=O)c3cccn3n(Cc3ccc(F)cc3)c1=O)N2)S(C)(=O)=O. The van der Waals surface area contributed by atoms with Crippen LogP contribution >= 0.6 is 0 Å². The first kappa shape index (κ1) is 24.5. The fourth-order valence-electron chi connectivity index (χ4n) is 4.03. The van der Waals surface area contributed by atoms with Crippen LogP contribution in [0.1, 0.15) is 5.56 Å². The summed E-state index contributed by atoms with van der Waals surface area (Å²) in [5.74, 6) is -0.776. The smallest absolute Gasteiger partial charge is 0.280 e. The Labute approximate surface area is 210 Å². The van der Waals surface area contributed by atoms with Crippen LogP contribution in [0.3, 0.4) is 0 Å². The Kier molecular flexibility index (Phi) is 5.60. The maximum absolute atomic E-state index is 13.5. The molecule has 2 aromatic heterocycles. The van der Waals surface area contributed by atoms with Crippen molar-refractivity contribution < 1.29 is 21.2 Å². The molecule has 0 spiro atoms. The van der Waals surface area contributed by atoms with Gasteiger partial charge in [-0.15, -0.1) is 0 Å². The zero-order valence-electron chi connectivity index (χ0n) is 19.5. The molecule has 192 valence electrons. The molecule has 0 fully saturated rings. The van der Waals surface area contributed by atoms with Crippen LogP contribution in [0, 0.1) is 5.82 Å². The molecule has 14 heteroatoms. The summed E-state index contributed by atoms with van der Waals surface area (Å²) in [7, 11) is -6.66. The van der Waals surface area contributed by atoms with Crippen LogP contribution in [0.5, 0.6) is 0 Å². The maximum atomic E-state index is 13.5. The zero-order chi connectivity index (χ0) is 26.7. The summed E-state index contributed by atoms with van der Waals surface area (Å²) in [6.45, 7) is -0.0185. The minimum Gasteiger partial charge on any atom is -0.339 e. The van der Waals surface area contributed by atoms with E-state index in [1.165, 1.54) is 71.0 Å². The summed E-state index contributed by atoms with van der Waals surface area (Å²) < 4.78 is 69.2. The lowest BCUT2D eigenvalue weighted by atomic mass is 10.2. The summed E-state index contributed by atoms with van der Waals surface area (Å²) in [5, 5.41) is 2.37. The fourth-order valence-corrected chi connectivity index (χ4v) is 5.75. The summed E-state index contributed by atoms with van der Waals surface area (Å²) >= 11 is 0. The van der Waals surface area contributed by atoms with E-state index in [1.54, 1.807) is 6.07 Å². The van der Waals surface area contributed by atoms with E-state index in [-0.39, 0.29) is 34.2 Å². The summed E-state index contributed by atoms with van der Waals surface area (Å²) in [4.78, 5) is 26.6. The molecule has 0 saturated carbocycles. The second kappa shape index (κ2) is 8.45. The van der Waals surface area contributed by atoms with Gasteiger partial charge in [-0.25, -0.2) is 25.9 Å². The predicted molar refractivity (Wildman–Crippen MR) is 136 cm³/mol. The van der Waals surface area contributed by atoms with Crippen molar-refractivity contribution in [3.05, 3.63) is 98.0 Å². The van der Waals surface area contributed by atoms with Crippen LogP contribution in [0.2, 0.25) is 0 Å². The van der Waals surface area contributed by atoms with Crippen LogP contribution in [0.4, 0.5) is 15.8 Å². The van der Waals surface area contributed by atoms with Gasteiger partial charge in [-0.05, 0) is 48.0 Å². The largest absolute Gasteiger partial charge is 0.339 e. The van der Waals surface area contributed by atoms with Gasteiger partial charge in [0.05, 0.1) is 24.2 Å². The number of fused-ring (bicyclic) bond motifs is 2. The minimum absolute atomic E-state index is 0.0185. The lowest BCUT2D eigenvalue weighted by Gasteiger charge is -2.25. The first-order valence-electron chi connectivity index (χ1n) is 10.8. The molecule has 0 amide bonds. The van der Waals surface area contributed by atoms with Crippen LogP contribution < -0.4 is 30.6 Å². The van der Waals surface area contributed by atoms with E-state index in [0.29, 0.717) is 5.56 Å². The second-order valence-corrected chi connectivity index (χ2v) is 12.1. The molecule has 3 heterocycles. The van der Waals surface area contributed by atoms with Crippen molar-refractivity contribution in [3.8, 4) is 0 Å². The highest BCUT2D eigenvalue weighted by Crippen LogP contribution is 2.31. The van der Waals surface area contributed by atoms with Gasteiger partial charge in [-0.2, -0.15) is 0 Å². The van der Waals surface area contributed by atoms with Gasteiger partial charge in [0.25, 0.3) is 15.6 Å². The van der Waals surface area contributed by atoms with Crippen molar-refractivity contribution in [3.63, 3.8) is 0 Å². The Hall–Kier alpha value is -4.17. The van der Waals surface area contributed by atoms with Crippen molar-refractivity contribution in [2.75, 3.05) is 22.9 Å². The molecule has 2 N–H and O–H groups in total. The number of halogens is 1. The molecule has 0 aliphatic carbocycles. The molecule has 11 nitrogen and oxygen atoms in total. The summed E-state index contributed by atoms with van der Waals surface area (Å²) in [6, 6.07) is 12.5. The molecule has 0 unspecified atom stereocenters. The second-order valence-electron chi connectivity index (χ2n) is 8.45. The molecule has 0 saturated heterocycles. The van der Waals surface area contributed by atoms with E-state index in [4.69, 9.17) is 0 Å². The standard InChI is InChI=1S/C23H20FN5O6S2/c1-27(36(2,32)33)16-9-10-17-19(12-16)37(34,35)26-22(25-17)20-21(30)18-4-3-11-28(18)29(23(20)31)13-14-5-7-15(24)8-6-14/h3-12,25-26H,13H2,1-2H3/b22-20+. The Morgan fingerprint density at radius 2 is 1.76 bits per heavy atom. The number of sulfonamides is 2. The maximum Gasteiger partial charge on any atom is 0.280 e. The van der Waals surface area contributed by atoms with Gasteiger partial charge in [0.15, 0.2) is 0 Å². The number of aromatic nitrogens is 2. The summed E-state index contributed by atoms with van der Waals surface area (Å²) in [6.07, 6.45) is 2.50. The van der Waals surface area contributed by atoms with Crippen molar-refractivity contribution >= 4 is 42.8 Å². The van der Waals surface area contributed by atoms with Crippen molar-refractivity contribution in [1.29, 1.82) is 0 Å². The molecule has 1 aliphatic heterocycles. The Balaban J connectivity index is 1.72. The average Bonchev–Trinajstić information content (AvgIpc) is 3.32. The number of nitrogens with zero attached hydrogens (tertiary/aromatic N) is 3. The fraction of sp³-hybridized carbons (Fsp3) is 0.130. The average molecular weight is 546 g/mol. The van der Waals surface area contributed by atoms with E-state index < -0.39 is 42.1 Å². The van der Waals surface area contributed by atoms with Crippen molar-refractivity contribution in [1.82, 2.24) is 13.9 Å². The Bertz CT molecular complexity index is 1970. The van der Waals surface area contributed by atoms with E-state index in [2.05, 4.69) is 10.0 Å². The Morgan fingerprint density at radius 3 is 2.43 bits per heavy atom. The van der Waals surface area contributed by atoms with Crippen molar-refractivity contribution in [2.24, 2.45) is 0 Å². The van der Waals surface area contributed by atoms with Crippen molar-refractivity contribution in [2.45, 2.75) is 11.4 Å². The third-order valence-electron chi connectivity index (χ3n) is 6.00. The van der Waals surface area contributed by atoms with Gasteiger partial charge in [0.2, 0.25) is 15.5 Å². The van der Waals surface area contributed by atoms with Gasteiger partial charge in [-0.3, -0.25) is 23.1 Å². The topological polar surface area (TPSA) is 139 Å². The number of hydrogen-bond acceptors (Lipinski definition) is 7. The minimum atomic E-state index is -4.30. The number of nitrogens with one attached hydrogen (secondary N) is 2. The molecule has 0 radical (unpaired) electrons. The van der Waals surface area contributed by atoms with E-state index >= 15 is 0 Å². The molecule has 37 heavy (non-hydrogen) atoms. The van der Waals surface area contributed by atoms with Gasteiger partial charge in [0.1, 0.15) is 27.3 Å². The number of hydrogen-bond donors (Lipinski definition) is 2. The molecule has 2 aromatic carbocycles. The Morgan fingerprint density at radius 1 is 1.05 bits per heavy atom. The lowest BCUT2D eigenvalue weighted by molar-refractivity contribution is 0.586. The molecule has 4 aromatic rings. The van der Waals surface area contributed by atoms with Crippen LogP contribution in [-0.4, -0.2) is 39.3 Å². The first-order valence-corrected chi connectivity index (χ1v) is 14.1. The number of benzene rings is 2. The van der Waals surface area contributed by atoms with E-state index in [9.17, 15) is 30.8 Å². The van der Waals surface area contributed by atoms with Crippen LogP contribution in [0.15, 0.2) is 75.3 Å². The number of rotatable bonds is 4. The normalized spacial score (nSPS) is 16.1. The van der Waals surface area contributed by atoms with Gasteiger partial charge in [0, 0.05) is 13.2 Å². The van der Waals surface area contributed by atoms with Crippen LogP contribution in [0.25, 0.3) is 11.3 Å². The van der Waals surface area contributed by atoms with Crippen LogP contribution in [-0.2, 0) is 26.6 Å². The van der Waals surface area contributed by atoms with Gasteiger partial charge >= 0.3 is 0 Å². The van der Waals surface area contributed by atoms with Gasteiger partial charge in [-0.1, -0.05) is 12.1 Å². The highest BCUT2D eigenvalue weighted by molar-refractivity contribution is 7.92. The summed E-state index contributed by atoms with van der Waals surface area (Å²) in [5.41, 5.74) is -0.608. The molecular weight excluding hydrogens is 525 g/mol. The molecule has 0 bridgehead atoms. The molecular formula is C23H20FN5O6S2. The quantitative estimate of drug-likeness (QED) is 0.374. The highest BCUT2D eigenvalue weighted by Gasteiger charge is 2.29. The monoisotopic (exact) mass is 545 g/mol. The molecule has 1 aliphatic rings. The number of anilines is 2. The van der Waals surface area contributed by atoms with E-state index in [0.717, 1.165) is 10.6 Å².